The van der Waals surface area contributed by atoms with Crippen LogP contribution in [0.5, 0.6) is 0 Å². The highest BCUT2D eigenvalue weighted by Gasteiger charge is 2.37. The number of aromatic nitrogens is 1. The zero-order chi connectivity index (χ0) is 35.6. The van der Waals surface area contributed by atoms with E-state index in [0.29, 0.717) is 30.1 Å². The van der Waals surface area contributed by atoms with Crippen LogP contribution in [0, 0.1) is 11.8 Å². The molecule has 3 amide bonds. The van der Waals surface area contributed by atoms with Crippen LogP contribution in [0.3, 0.4) is 0 Å². The molecule has 0 spiro atoms. The van der Waals surface area contributed by atoms with Crippen molar-refractivity contribution in [2.75, 3.05) is 27.2 Å². The summed E-state index contributed by atoms with van der Waals surface area (Å²) >= 11 is 1.20. The zero-order valence-electron chi connectivity index (χ0n) is 29.4. The van der Waals surface area contributed by atoms with Crippen molar-refractivity contribution < 1.29 is 27.5 Å². The number of likely N-dealkylation sites (tertiary alicyclic amines) is 1. The molecule has 1 fully saturated rings. The molecule has 0 unspecified atom stereocenters. The third-order valence-corrected chi connectivity index (χ3v) is 11.3. The topological polar surface area (TPSA) is 164 Å². The molecule has 0 aliphatic carbocycles. The summed E-state index contributed by atoms with van der Waals surface area (Å²) in [6, 6.07) is 5.63. The monoisotopic (exact) mass is 706 g/mol. The first-order valence-electron chi connectivity index (χ1n) is 16.9. The summed E-state index contributed by atoms with van der Waals surface area (Å²) in [4.78, 5) is 48.7. The van der Waals surface area contributed by atoms with E-state index < -0.39 is 28.1 Å². The number of nitrogens with one attached hydrogen (secondary N) is 2. The molecule has 1 aromatic carbocycles. The molecule has 48 heavy (non-hydrogen) atoms. The number of nitrogens with zero attached hydrogens (tertiary/aromatic N) is 3. The Morgan fingerprint density at radius 3 is 2.38 bits per heavy atom. The maximum atomic E-state index is 14.1. The SMILES string of the molecule is CCO[C@H](C[C@H](C(C)C)N(C)C(=O)[C@@H](NC(=O)[C@H]1CCCCN1C)[C@@H](C)CC)c1nc(C(=O)NS(=O)(=O)Cc2ccc(CN)cc2)cs1. The molecule has 0 saturated carbocycles. The van der Waals surface area contributed by atoms with Gasteiger partial charge in [0, 0.05) is 38.0 Å². The summed E-state index contributed by atoms with van der Waals surface area (Å²) in [6.07, 6.45) is 3.38. The van der Waals surface area contributed by atoms with Crippen LogP contribution in [0.2, 0.25) is 0 Å². The molecule has 268 valence electrons. The lowest BCUT2D eigenvalue weighted by Gasteiger charge is -2.38. The molecule has 2 aromatic rings. The van der Waals surface area contributed by atoms with Gasteiger partial charge in [-0.15, -0.1) is 11.3 Å². The lowest BCUT2D eigenvalue weighted by molar-refractivity contribution is -0.141. The average molecular weight is 707 g/mol. The predicted molar refractivity (Wildman–Crippen MR) is 189 cm³/mol. The fourth-order valence-electron chi connectivity index (χ4n) is 6.02. The molecule has 4 N–H and O–H groups in total. The van der Waals surface area contributed by atoms with Crippen LogP contribution in [0.1, 0.15) is 99.4 Å². The van der Waals surface area contributed by atoms with Crippen molar-refractivity contribution in [1.29, 1.82) is 0 Å². The predicted octanol–water partition coefficient (Wildman–Crippen LogP) is 3.83. The lowest BCUT2D eigenvalue weighted by atomic mass is 9.92. The second kappa shape index (κ2) is 18.2. The first kappa shape index (κ1) is 39.5. The number of hydrogen-bond donors (Lipinski definition) is 3. The summed E-state index contributed by atoms with van der Waals surface area (Å²) in [5.41, 5.74) is 6.99. The second-order valence-corrected chi connectivity index (χ2v) is 15.7. The van der Waals surface area contributed by atoms with Gasteiger partial charge >= 0.3 is 0 Å². The number of nitrogens with two attached hydrogens (primary N) is 1. The van der Waals surface area contributed by atoms with E-state index in [-0.39, 0.29) is 47.2 Å². The summed E-state index contributed by atoms with van der Waals surface area (Å²) in [5.74, 6) is -1.50. The highest BCUT2D eigenvalue weighted by molar-refractivity contribution is 7.89. The van der Waals surface area contributed by atoms with Gasteiger partial charge in [0.15, 0.2) is 0 Å². The van der Waals surface area contributed by atoms with E-state index in [2.05, 4.69) is 19.9 Å². The van der Waals surface area contributed by atoms with Crippen molar-refractivity contribution in [3.63, 3.8) is 0 Å². The van der Waals surface area contributed by atoms with Crippen LogP contribution in [-0.4, -0.2) is 86.3 Å². The first-order valence-corrected chi connectivity index (χ1v) is 19.4. The number of piperidine rings is 1. The third kappa shape index (κ3) is 10.8. The number of rotatable bonds is 17. The van der Waals surface area contributed by atoms with Crippen molar-refractivity contribution in [3.8, 4) is 0 Å². The van der Waals surface area contributed by atoms with E-state index in [9.17, 15) is 22.8 Å². The van der Waals surface area contributed by atoms with Gasteiger partial charge in [-0.1, -0.05) is 64.8 Å². The van der Waals surface area contributed by atoms with Crippen LogP contribution in [0.4, 0.5) is 0 Å². The molecule has 1 aliphatic heterocycles. The molecule has 0 bridgehead atoms. The van der Waals surface area contributed by atoms with Crippen LogP contribution < -0.4 is 15.8 Å². The van der Waals surface area contributed by atoms with E-state index in [4.69, 9.17) is 10.5 Å². The minimum absolute atomic E-state index is 0.0282. The number of amides is 3. The minimum Gasteiger partial charge on any atom is -0.371 e. The average Bonchev–Trinajstić information content (AvgIpc) is 3.55. The molecule has 1 aliphatic rings. The second-order valence-electron chi connectivity index (χ2n) is 13.1. The Kier molecular flexibility index (Phi) is 15.0. The quantitative estimate of drug-likeness (QED) is 0.222. The third-order valence-electron chi connectivity index (χ3n) is 9.18. The largest absolute Gasteiger partial charge is 0.371 e. The molecular weight excluding hydrogens is 653 g/mol. The number of ether oxygens (including phenoxy) is 1. The molecule has 1 saturated heterocycles. The van der Waals surface area contributed by atoms with Gasteiger partial charge in [-0.05, 0) is 56.3 Å². The molecule has 1 aromatic heterocycles. The van der Waals surface area contributed by atoms with Gasteiger partial charge < -0.3 is 20.7 Å². The number of hydrogen-bond acceptors (Lipinski definition) is 10. The van der Waals surface area contributed by atoms with Gasteiger partial charge in [0.25, 0.3) is 5.91 Å². The van der Waals surface area contributed by atoms with Gasteiger partial charge in [0.2, 0.25) is 21.8 Å². The standard InChI is InChI=1S/C34H54N6O6S2/c1-8-23(5)30(37-32(42)27-12-10-11-17-39(27)6)34(43)40(7)28(22(3)4)18-29(46-9-2)33-36-26(20-47-33)31(41)38-48(44,45)21-25-15-13-24(19-35)14-16-25/h13-16,20,22-23,27-30H,8-12,17-19,21,35H2,1-7H3,(H,37,42)(H,38,41)/t23-,27+,28+,29+,30-/m0/s1. The highest BCUT2D eigenvalue weighted by Crippen LogP contribution is 2.31. The summed E-state index contributed by atoms with van der Waals surface area (Å²) in [7, 11) is -0.269. The molecule has 0 radical (unpaired) electrons. The first-order chi connectivity index (χ1) is 22.7. The fraction of sp³-hybridized carbons (Fsp3) is 0.647. The number of sulfonamides is 1. The number of thiazole rings is 1. The number of carbonyl (C=O) groups is 3. The van der Waals surface area contributed by atoms with Crippen molar-refractivity contribution in [2.24, 2.45) is 17.6 Å². The van der Waals surface area contributed by atoms with E-state index >= 15 is 0 Å². The van der Waals surface area contributed by atoms with E-state index in [1.165, 1.54) is 16.7 Å². The van der Waals surface area contributed by atoms with Crippen molar-refractivity contribution in [2.45, 2.75) is 103 Å². The number of likely N-dealkylation sites (N-methyl/N-ethyl adjacent to an activating group) is 2. The summed E-state index contributed by atoms with van der Waals surface area (Å²) in [5, 5.41) is 5.12. The highest BCUT2D eigenvalue weighted by atomic mass is 32.2. The number of carbonyl (C=O) groups excluding carboxylic acids is 3. The van der Waals surface area contributed by atoms with E-state index in [1.807, 2.05) is 41.7 Å². The van der Waals surface area contributed by atoms with Gasteiger partial charge in [-0.2, -0.15) is 0 Å². The van der Waals surface area contributed by atoms with Crippen LogP contribution in [0.15, 0.2) is 29.6 Å². The molecular formula is C34H54N6O6S2. The molecule has 2 heterocycles. The van der Waals surface area contributed by atoms with Crippen LogP contribution in [-0.2, 0) is 36.6 Å². The Morgan fingerprint density at radius 1 is 1.12 bits per heavy atom. The van der Waals surface area contributed by atoms with Crippen LogP contribution >= 0.6 is 11.3 Å². The van der Waals surface area contributed by atoms with E-state index in [1.54, 1.807) is 36.2 Å². The Bertz CT molecular complexity index is 1460. The Balaban J connectivity index is 1.74. The van der Waals surface area contributed by atoms with Gasteiger partial charge in [0.1, 0.15) is 22.8 Å². The maximum Gasteiger partial charge on any atom is 0.284 e. The zero-order valence-corrected chi connectivity index (χ0v) is 31.0. The summed E-state index contributed by atoms with van der Waals surface area (Å²) in [6.45, 7) is 11.5. The normalized spacial score (nSPS) is 18.1. The molecule has 12 nitrogen and oxygen atoms in total. The molecule has 14 heteroatoms. The Morgan fingerprint density at radius 2 is 1.79 bits per heavy atom. The van der Waals surface area contributed by atoms with Gasteiger partial charge in [-0.3, -0.25) is 19.3 Å². The lowest BCUT2D eigenvalue weighted by Crippen LogP contribution is -2.58. The smallest absolute Gasteiger partial charge is 0.284 e. The Hall–Kier alpha value is -2.91. The summed E-state index contributed by atoms with van der Waals surface area (Å²) < 4.78 is 33.7. The van der Waals surface area contributed by atoms with E-state index in [0.717, 1.165) is 37.8 Å². The van der Waals surface area contributed by atoms with Crippen LogP contribution in [0.25, 0.3) is 0 Å². The molecule has 5 atom stereocenters. The van der Waals surface area contributed by atoms with Crippen molar-refractivity contribution in [1.82, 2.24) is 24.8 Å². The van der Waals surface area contributed by atoms with Gasteiger partial charge in [0.05, 0.1) is 11.8 Å². The fourth-order valence-corrected chi connectivity index (χ4v) is 7.97. The van der Waals surface area contributed by atoms with Crippen molar-refractivity contribution in [3.05, 3.63) is 51.5 Å². The Labute approximate surface area is 290 Å². The number of benzene rings is 1. The van der Waals surface area contributed by atoms with Crippen molar-refractivity contribution >= 4 is 39.1 Å². The van der Waals surface area contributed by atoms with Gasteiger partial charge in [-0.25, -0.2) is 18.1 Å². The molecule has 3 rings (SSSR count). The minimum atomic E-state index is -3.98. The maximum absolute atomic E-state index is 14.1.